The smallest absolute Gasteiger partial charge is 0.293 e. The highest BCUT2D eigenvalue weighted by Gasteiger charge is 2.13. The SMILES string of the molecule is COCc1nnc(NC(=O)c2ccc(N)o2)s1. The summed E-state index contributed by atoms with van der Waals surface area (Å²) in [7, 11) is 1.56. The largest absolute Gasteiger partial charge is 0.436 e. The predicted molar refractivity (Wildman–Crippen MR) is 61.7 cm³/mol. The van der Waals surface area contributed by atoms with Crippen LogP contribution in [0.2, 0.25) is 0 Å². The van der Waals surface area contributed by atoms with Crippen molar-refractivity contribution in [2.75, 3.05) is 18.2 Å². The van der Waals surface area contributed by atoms with Crippen LogP contribution in [0.3, 0.4) is 0 Å². The number of anilines is 2. The number of nitrogens with one attached hydrogen (secondary N) is 1. The summed E-state index contributed by atoms with van der Waals surface area (Å²) in [4.78, 5) is 11.6. The third-order valence-corrected chi connectivity index (χ3v) is 2.62. The fraction of sp³-hybridized carbons (Fsp3) is 0.222. The highest BCUT2D eigenvalue weighted by molar-refractivity contribution is 7.15. The van der Waals surface area contributed by atoms with E-state index in [0.717, 1.165) is 0 Å². The molecule has 0 aromatic carbocycles. The van der Waals surface area contributed by atoms with Gasteiger partial charge in [0.25, 0.3) is 5.91 Å². The Kier molecular flexibility index (Phi) is 3.35. The van der Waals surface area contributed by atoms with Gasteiger partial charge in [0.05, 0.1) is 0 Å². The fourth-order valence-electron chi connectivity index (χ4n) is 1.12. The van der Waals surface area contributed by atoms with Crippen LogP contribution in [0.25, 0.3) is 0 Å². The molecule has 0 spiro atoms. The van der Waals surface area contributed by atoms with Crippen LogP contribution in [0, 0.1) is 0 Å². The maximum atomic E-state index is 11.6. The lowest BCUT2D eigenvalue weighted by Gasteiger charge is -1.96. The van der Waals surface area contributed by atoms with Gasteiger partial charge in [-0.1, -0.05) is 11.3 Å². The highest BCUT2D eigenvalue weighted by atomic mass is 32.1. The Bertz CT molecular complexity index is 522. The van der Waals surface area contributed by atoms with E-state index in [0.29, 0.717) is 16.7 Å². The molecule has 0 saturated carbocycles. The van der Waals surface area contributed by atoms with Gasteiger partial charge in [0.1, 0.15) is 11.6 Å². The number of aromatic nitrogens is 2. The zero-order chi connectivity index (χ0) is 12.3. The third kappa shape index (κ3) is 2.80. The van der Waals surface area contributed by atoms with Crippen molar-refractivity contribution in [3.63, 3.8) is 0 Å². The van der Waals surface area contributed by atoms with Crippen LogP contribution in [0.4, 0.5) is 11.0 Å². The molecule has 0 atom stereocenters. The van der Waals surface area contributed by atoms with Gasteiger partial charge in [0.15, 0.2) is 11.6 Å². The average molecular weight is 254 g/mol. The molecule has 17 heavy (non-hydrogen) atoms. The molecule has 8 heteroatoms. The van der Waals surface area contributed by atoms with Crippen LogP contribution in [0.1, 0.15) is 15.6 Å². The summed E-state index contributed by atoms with van der Waals surface area (Å²) >= 11 is 1.24. The van der Waals surface area contributed by atoms with Crippen molar-refractivity contribution in [3.8, 4) is 0 Å². The fourth-order valence-corrected chi connectivity index (χ4v) is 1.83. The number of hydrogen-bond acceptors (Lipinski definition) is 7. The molecule has 0 aliphatic carbocycles. The van der Waals surface area contributed by atoms with Crippen molar-refractivity contribution in [2.24, 2.45) is 0 Å². The normalized spacial score (nSPS) is 10.4. The Hall–Kier alpha value is -1.93. The van der Waals surface area contributed by atoms with Gasteiger partial charge in [0.2, 0.25) is 5.13 Å². The van der Waals surface area contributed by atoms with Gasteiger partial charge in [0, 0.05) is 13.2 Å². The molecule has 0 unspecified atom stereocenters. The first kappa shape index (κ1) is 11.6. The quantitative estimate of drug-likeness (QED) is 0.847. The molecule has 2 heterocycles. The number of nitrogens with two attached hydrogens (primary N) is 1. The number of furan rings is 1. The molecule has 0 radical (unpaired) electrons. The second-order valence-corrected chi connectivity index (χ2v) is 4.15. The molecule has 2 aromatic heterocycles. The van der Waals surface area contributed by atoms with E-state index >= 15 is 0 Å². The number of amides is 1. The number of ether oxygens (including phenoxy) is 1. The van der Waals surface area contributed by atoms with Crippen molar-refractivity contribution in [2.45, 2.75) is 6.61 Å². The van der Waals surface area contributed by atoms with Gasteiger partial charge in [-0.15, -0.1) is 10.2 Å². The van der Waals surface area contributed by atoms with Gasteiger partial charge in [-0.3, -0.25) is 10.1 Å². The van der Waals surface area contributed by atoms with Gasteiger partial charge in [-0.2, -0.15) is 0 Å². The minimum Gasteiger partial charge on any atom is -0.436 e. The van der Waals surface area contributed by atoms with Gasteiger partial charge >= 0.3 is 0 Å². The number of methoxy groups -OCH3 is 1. The van der Waals surface area contributed by atoms with Crippen LogP contribution in [0.5, 0.6) is 0 Å². The Morgan fingerprint density at radius 2 is 2.41 bits per heavy atom. The maximum Gasteiger partial charge on any atom is 0.293 e. The van der Waals surface area contributed by atoms with E-state index in [-0.39, 0.29) is 11.6 Å². The predicted octanol–water partition coefficient (Wildman–Crippen LogP) is 1.11. The standard InChI is InChI=1S/C9H10N4O3S/c1-15-4-7-12-13-9(17-7)11-8(14)5-2-3-6(10)16-5/h2-3H,4,10H2,1H3,(H,11,13,14). The first-order chi connectivity index (χ1) is 8.19. The molecular weight excluding hydrogens is 244 g/mol. The molecule has 2 aromatic rings. The number of carbonyl (C=O) groups is 1. The Labute approximate surface area is 101 Å². The summed E-state index contributed by atoms with van der Waals surface area (Å²) in [5, 5.41) is 11.2. The van der Waals surface area contributed by atoms with E-state index in [9.17, 15) is 4.79 Å². The minimum absolute atomic E-state index is 0.131. The Morgan fingerprint density at radius 3 is 3.06 bits per heavy atom. The van der Waals surface area contributed by atoms with E-state index < -0.39 is 5.91 Å². The van der Waals surface area contributed by atoms with E-state index in [1.807, 2.05) is 0 Å². The summed E-state index contributed by atoms with van der Waals surface area (Å²) in [6.07, 6.45) is 0. The monoisotopic (exact) mass is 254 g/mol. The van der Waals surface area contributed by atoms with Crippen molar-refractivity contribution >= 4 is 28.3 Å². The van der Waals surface area contributed by atoms with Crippen LogP contribution in [-0.4, -0.2) is 23.2 Å². The topological polar surface area (TPSA) is 103 Å². The van der Waals surface area contributed by atoms with Crippen LogP contribution >= 0.6 is 11.3 Å². The number of hydrogen-bond donors (Lipinski definition) is 2. The molecule has 0 aliphatic rings. The molecule has 0 aliphatic heterocycles. The van der Waals surface area contributed by atoms with Crippen molar-refractivity contribution < 1.29 is 13.9 Å². The van der Waals surface area contributed by atoms with Gasteiger partial charge in [-0.25, -0.2) is 0 Å². The first-order valence-corrected chi connectivity index (χ1v) is 5.48. The van der Waals surface area contributed by atoms with Gasteiger partial charge in [-0.05, 0) is 6.07 Å². The number of carbonyl (C=O) groups excluding carboxylic acids is 1. The lowest BCUT2D eigenvalue weighted by atomic mass is 10.4. The molecular formula is C9H10N4O3S. The first-order valence-electron chi connectivity index (χ1n) is 4.67. The van der Waals surface area contributed by atoms with Crippen molar-refractivity contribution in [1.82, 2.24) is 10.2 Å². The molecule has 0 fully saturated rings. The number of nitrogens with zero attached hydrogens (tertiary/aromatic N) is 2. The molecule has 90 valence electrons. The third-order valence-electron chi connectivity index (χ3n) is 1.81. The summed E-state index contributed by atoms with van der Waals surface area (Å²) in [6, 6.07) is 2.99. The molecule has 7 nitrogen and oxygen atoms in total. The second-order valence-electron chi connectivity index (χ2n) is 3.09. The minimum atomic E-state index is -0.415. The Balaban J connectivity index is 2.02. The lowest BCUT2D eigenvalue weighted by molar-refractivity contribution is 0.0997. The van der Waals surface area contributed by atoms with Crippen LogP contribution < -0.4 is 11.1 Å². The van der Waals surface area contributed by atoms with E-state index in [2.05, 4.69) is 15.5 Å². The number of rotatable bonds is 4. The van der Waals surface area contributed by atoms with Crippen molar-refractivity contribution in [1.29, 1.82) is 0 Å². The summed E-state index contributed by atoms with van der Waals surface area (Å²) < 4.78 is 9.86. The van der Waals surface area contributed by atoms with Crippen LogP contribution in [-0.2, 0) is 11.3 Å². The molecule has 0 bridgehead atoms. The number of nitrogen functional groups attached to an aromatic ring is 1. The average Bonchev–Trinajstić information content (AvgIpc) is 2.88. The van der Waals surface area contributed by atoms with E-state index in [1.54, 1.807) is 7.11 Å². The zero-order valence-electron chi connectivity index (χ0n) is 8.97. The second kappa shape index (κ2) is 4.93. The molecule has 2 rings (SSSR count). The maximum absolute atomic E-state index is 11.6. The summed E-state index contributed by atoms with van der Waals surface area (Å²) in [6.45, 7) is 0.362. The molecule has 3 N–H and O–H groups in total. The summed E-state index contributed by atoms with van der Waals surface area (Å²) in [5.41, 5.74) is 5.36. The van der Waals surface area contributed by atoms with E-state index in [4.69, 9.17) is 14.9 Å². The van der Waals surface area contributed by atoms with Crippen molar-refractivity contribution in [3.05, 3.63) is 22.9 Å². The Morgan fingerprint density at radius 1 is 1.59 bits per heavy atom. The lowest BCUT2D eigenvalue weighted by Crippen LogP contribution is -2.10. The summed E-state index contributed by atoms with van der Waals surface area (Å²) in [5.74, 6) is -0.0969. The van der Waals surface area contributed by atoms with Gasteiger partial charge < -0.3 is 14.9 Å². The molecule has 1 amide bonds. The zero-order valence-corrected chi connectivity index (χ0v) is 9.78. The highest BCUT2D eigenvalue weighted by Crippen LogP contribution is 2.17. The van der Waals surface area contributed by atoms with Crippen LogP contribution in [0.15, 0.2) is 16.5 Å². The molecule has 0 saturated heterocycles. The van der Waals surface area contributed by atoms with E-state index in [1.165, 1.54) is 23.5 Å².